The first-order chi connectivity index (χ1) is 13.6. The predicted octanol–water partition coefficient (Wildman–Crippen LogP) is 3.57. The van der Waals surface area contributed by atoms with Gasteiger partial charge in [-0.2, -0.15) is 0 Å². The second kappa shape index (κ2) is 9.18. The first-order valence-electron chi connectivity index (χ1n) is 8.50. The van der Waals surface area contributed by atoms with Crippen LogP contribution in [0.15, 0.2) is 66.3 Å². The van der Waals surface area contributed by atoms with Gasteiger partial charge in [-0.1, -0.05) is 42.1 Å². The minimum atomic E-state index is -0.454. The number of para-hydroxylation sites is 1. The molecular formula is C20H19FN4O2S. The van der Waals surface area contributed by atoms with Crippen LogP contribution in [0.25, 0.3) is 0 Å². The van der Waals surface area contributed by atoms with Crippen molar-refractivity contribution in [2.45, 2.75) is 24.1 Å². The molecule has 0 aliphatic heterocycles. The average Bonchev–Trinajstić information content (AvgIpc) is 3.08. The Morgan fingerprint density at radius 3 is 2.64 bits per heavy atom. The summed E-state index contributed by atoms with van der Waals surface area (Å²) in [6.07, 6.45) is 1.74. The van der Waals surface area contributed by atoms with Gasteiger partial charge >= 0.3 is 0 Å². The number of allylic oxidation sites excluding steroid dienone is 1. The summed E-state index contributed by atoms with van der Waals surface area (Å²) in [5.74, 6) is 0.507. The molecule has 144 valence electrons. The Bertz CT molecular complexity index is 973. The lowest BCUT2D eigenvalue weighted by atomic mass is 10.1. The zero-order valence-corrected chi connectivity index (χ0v) is 15.9. The maximum Gasteiger partial charge on any atom is 0.248 e. The van der Waals surface area contributed by atoms with Gasteiger partial charge in [0.15, 0.2) is 22.5 Å². The molecule has 0 bridgehead atoms. The van der Waals surface area contributed by atoms with Crippen molar-refractivity contribution in [3.05, 3.63) is 84.0 Å². The van der Waals surface area contributed by atoms with E-state index in [1.807, 2.05) is 16.7 Å². The number of hydrogen-bond acceptors (Lipinski definition) is 5. The number of nitrogens with zero attached hydrogens (tertiary/aromatic N) is 3. The highest BCUT2D eigenvalue weighted by atomic mass is 32.2. The number of ether oxygens (including phenoxy) is 1. The summed E-state index contributed by atoms with van der Waals surface area (Å²) in [4.78, 5) is 11.1. The highest BCUT2D eigenvalue weighted by Crippen LogP contribution is 2.23. The first kappa shape index (κ1) is 19.6. The Labute approximate surface area is 166 Å². The van der Waals surface area contributed by atoms with Crippen molar-refractivity contribution in [1.82, 2.24) is 14.8 Å². The van der Waals surface area contributed by atoms with Crippen LogP contribution in [0.4, 0.5) is 4.39 Å². The van der Waals surface area contributed by atoms with Gasteiger partial charge in [-0.05, 0) is 29.8 Å². The summed E-state index contributed by atoms with van der Waals surface area (Å²) >= 11 is 1.50. The zero-order chi connectivity index (χ0) is 19.9. The van der Waals surface area contributed by atoms with E-state index in [-0.39, 0.29) is 12.4 Å². The molecule has 1 amide bonds. The second-order valence-electron chi connectivity index (χ2n) is 5.87. The van der Waals surface area contributed by atoms with Crippen LogP contribution in [0, 0.1) is 5.82 Å². The molecule has 3 rings (SSSR count). The monoisotopic (exact) mass is 398 g/mol. The molecule has 28 heavy (non-hydrogen) atoms. The van der Waals surface area contributed by atoms with E-state index in [9.17, 15) is 9.18 Å². The Morgan fingerprint density at radius 1 is 1.21 bits per heavy atom. The van der Waals surface area contributed by atoms with E-state index < -0.39 is 11.7 Å². The van der Waals surface area contributed by atoms with Crippen LogP contribution >= 0.6 is 11.8 Å². The van der Waals surface area contributed by atoms with Gasteiger partial charge in [-0.15, -0.1) is 16.8 Å². The number of carbonyl (C=O) groups is 1. The molecule has 0 aliphatic rings. The van der Waals surface area contributed by atoms with Crippen molar-refractivity contribution in [3.63, 3.8) is 0 Å². The van der Waals surface area contributed by atoms with E-state index in [4.69, 9.17) is 10.5 Å². The SMILES string of the molecule is C=CCn1c(COc2ccccc2F)nnc1SCc1ccc(C(N)=O)cc1. The van der Waals surface area contributed by atoms with Gasteiger partial charge in [0.05, 0.1) is 0 Å². The molecule has 2 N–H and O–H groups in total. The largest absolute Gasteiger partial charge is 0.483 e. The molecule has 1 aromatic heterocycles. The van der Waals surface area contributed by atoms with Crippen LogP contribution < -0.4 is 10.5 Å². The topological polar surface area (TPSA) is 83.0 Å². The molecule has 0 fully saturated rings. The van der Waals surface area contributed by atoms with Crippen LogP contribution in [0.2, 0.25) is 0 Å². The number of thioether (sulfide) groups is 1. The van der Waals surface area contributed by atoms with Crippen molar-refractivity contribution < 1.29 is 13.9 Å². The standard InChI is InChI=1S/C20H19FN4O2S/c1-2-11-25-18(12-27-17-6-4-3-5-16(17)21)23-24-20(25)28-13-14-7-9-15(10-8-14)19(22)26/h2-10H,1,11-13H2,(H2,22,26). The fourth-order valence-electron chi connectivity index (χ4n) is 2.46. The Hall–Kier alpha value is -3.13. The van der Waals surface area contributed by atoms with Gasteiger partial charge in [0.1, 0.15) is 6.61 Å². The molecule has 0 atom stereocenters. The maximum absolute atomic E-state index is 13.7. The highest BCUT2D eigenvalue weighted by molar-refractivity contribution is 7.98. The fourth-order valence-corrected chi connectivity index (χ4v) is 3.38. The lowest BCUT2D eigenvalue weighted by Crippen LogP contribution is -2.10. The van der Waals surface area contributed by atoms with Crippen molar-refractivity contribution in [1.29, 1.82) is 0 Å². The highest BCUT2D eigenvalue weighted by Gasteiger charge is 2.13. The second-order valence-corrected chi connectivity index (χ2v) is 6.81. The number of halogens is 1. The van der Waals surface area contributed by atoms with E-state index in [1.54, 1.807) is 36.4 Å². The number of nitrogens with two attached hydrogens (primary N) is 1. The molecule has 2 aromatic carbocycles. The minimum absolute atomic E-state index is 0.0929. The molecule has 1 heterocycles. The van der Waals surface area contributed by atoms with Crippen molar-refractivity contribution in [2.75, 3.05) is 0 Å². The summed E-state index contributed by atoms with van der Waals surface area (Å²) in [6, 6.07) is 13.3. The molecular weight excluding hydrogens is 379 g/mol. The summed E-state index contributed by atoms with van der Waals surface area (Å²) in [5.41, 5.74) is 6.74. The van der Waals surface area contributed by atoms with Crippen molar-refractivity contribution in [2.24, 2.45) is 5.73 Å². The average molecular weight is 398 g/mol. The van der Waals surface area contributed by atoms with E-state index in [0.29, 0.717) is 28.8 Å². The van der Waals surface area contributed by atoms with Crippen LogP contribution in [0.3, 0.4) is 0 Å². The lowest BCUT2D eigenvalue weighted by Gasteiger charge is -2.09. The van der Waals surface area contributed by atoms with Gasteiger partial charge in [0.25, 0.3) is 0 Å². The smallest absolute Gasteiger partial charge is 0.248 e. The molecule has 0 saturated heterocycles. The molecule has 0 spiro atoms. The van der Waals surface area contributed by atoms with E-state index in [1.165, 1.54) is 17.8 Å². The van der Waals surface area contributed by atoms with Gasteiger partial charge in [-0.25, -0.2) is 4.39 Å². The molecule has 6 nitrogen and oxygen atoms in total. The Morgan fingerprint density at radius 2 is 1.96 bits per heavy atom. The summed E-state index contributed by atoms with van der Waals surface area (Å²) in [6.45, 7) is 4.36. The molecule has 0 saturated carbocycles. The number of aromatic nitrogens is 3. The van der Waals surface area contributed by atoms with Crippen molar-refractivity contribution >= 4 is 17.7 Å². The maximum atomic E-state index is 13.7. The number of amides is 1. The number of benzene rings is 2. The third kappa shape index (κ3) is 4.77. The summed E-state index contributed by atoms with van der Waals surface area (Å²) < 4.78 is 21.1. The normalized spacial score (nSPS) is 10.6. The molecule has 0 radical (unpaired) electrons. The minimum Gasteiger partial charge on any atom is -0.483 e. The van der Waals surface area contributed by atoms with Gasteiger partial charge in [-0.3, -0.25) is 9.36 Å². The number of primary amides is 1. The van der Waals surface area contributed by atoms with Crippen LogP contribution in [-0.2, 0) is 18.9 Å². The fraction of sp³-hybridized carbons (Fsp3) is 0.150. The van der Waals surface area contributed by atoms with Crippen LogP contribution in [0.1, 0.15) is 21.7 Å². The third-order valence-corrected chi connectivity index (χ3v) is 4.94. The number of rotatable bonds is 9. The van der Waals surface area contributed by atoms with Gasteiger partial charge in [0, 0.05) is 17.9 Å². The van der Waals surface area contributed by atoms with Crippen molar-refractivity contribution in [3.8, 4) is 5.75 Å². The molecule has 0 aliphatic carbocycles. The zero-order valence-electron chi connectivity index (χ0n) is 15.0. The quantitative estimate of drug-likeness (QED) is 0.440. The number of carbonyl (C=O) groups excluding carboxylic acids is 1. The predicted molar refractivity (Wildman–Crippen MR) is 105 cm³/mol. The van der Waals surface area contributed by atoms with Crippen LogP contribution in [-0.4, -0.2) is 20.7 Å². The van der Waals surface area contributed by atoms with E-state index >= 15 is 0 Å². The molecule has 8 heteroatoms. The first-order valence-corrected chi connectivity index (χ1v) is 9.49. The Kier molecular flexibility index (Phi) is 6.44. The van der Waals surface area contributed by atoms with Crippen LogP contribution in [0.5, 0.6) is 5.75 Å². The molecule has 3 aromatic rings. The number of hydrogen-bond donors (Lipinski definition) is 1. The van der Waals surface area contributed by atoms with E-state index in [0.717, 1.165) is 5.56 Å². The van der Waals surface area contributed by atoms with E-state index in [2.05, 4.69) is 16.8 Å². The lowest BCUT2D eigenvalue weighted by molar-refractivity contribution is 0.100. The van der Waals surface area contributed by atoms with Gasteiger partial charge in [0.2, 0.25) is 5.91 Å². The Balaban J connectivity index is 1.68. The molecule has 0 unspecified atom stereocenters. The summed E-state index contributed by atoms with van der Waals surface area (Å²) in [7, 11) is 0. The summed E-state index contributed by atoms with van der Waals surface area (Å²) in [5, 5.41) is 9.08. The van der Waals surface area contributed by atoms with Gasteiger partial charge < -0.3 is 10.5 Å². The third-order valence-electron chi connectivity index (χ3n) is 3.90.